The second-order valence-corrected chi connectivity index (χ2v) is 6.73. The predicted octanol–water partition coefficient (Wildman–Crippen LogP) is 3.45. The van der Waals surface area contributed by atoms with E-state index < -0.39 is 4.92 Å². The Morgan fingerprint density at radius 2 is 2.08 bits per heavy atom. The average Bonchev–Trinajstić information content (AvgIpc) is 3.10. The molecule has 0 aliphatic carbocycles. The number of amides is 1. The molecule has 0 radical (unpaired) electrons. The molecule has 0 saturated carbocycles. The van der Waals surface area contributed by atoms with Gasteiger partial charge in [0.1, 0.15) is 6.10 Å². The number of carbonyl (C=O) groups excluding carboxylic acids is 1. The molecule has 26 heavy (non-hydrogen) atoms. The van der Waals surface area contributed by atoms with Crippen LogP contribution in [0, 0.1) is 10.1 Å². The van der Waals surface area contributed by atoms with Crippen LogP contribution in [0.3, 0.4) is 0 Å². The van der Waals surface area contributed by atoms with Crippen LogP contribution in [-0.4, -0.2) is 39.9 Å². The van der Waals surface area contributed by atoms with Crippen LogP contribution >= 0.6 is 15.9 Å². The number of likely N-dealkylation sites (tertiary alicyclic amines) is 1. The largest absolute Gasteiger partial charge is 0.472 e. The topological polar surface area (TPSA) is 85.6 Å². The quantitative estimate of drug-likeness (QED) is 0.422. The van der Waals surface area contributed by atoms with Gasteiger partial charge in [-0.25, -0.2) is 4.98 Å². The lowest BCUT2D eigenvalue weighted by Gasteiger charge is -2.15. The Labute approximate surface area is 158 Å². The zero-order chi connectivity index (χ0) is 18.5. The normalized spacial score (nSPS) is 16.8. The zero-order valence-corrected chi connectivity index (χ0v) is 15.3. The number of halogens is 1. The summed E-state index contributed by atoms with van der Waals surface area (Å²) in [5.74, 6) is 0.423. The fourth-order valence-corrected chi connectivity index (χ4v) is 2.84. The molecule has 1 aliphatic rings. The van der Waals surface area contributed by atoms with Gasteiger partial charge in [0, 0.05) is 47.9 Å². The first-order chi connectivity index (χ1) is 12.5. The van der Waals surface area contributed by atoms with Crippen molar-refractivity contribution in [3.05, 3.63) is 68.8 Å². The highest BCUT2D eigenvalue weighted by atomic mass is 79.9. The van der Waals surface area contributed by atoms with Crippen molar-refractivity contribution < 1.29 is 14.5 Å². The summed E-state index contributed by atoms with van der Waals surface area (Å²) in [6.45, 7) is 1.12. The lowest BCUT2D eigenvalue weighted by atomic mass is 10.2. The maximum atomic E-state index is 12.3. The number of nitro benzene ring substituents is 1. The Kier molecular flexibility index (Phi) is 5.62. The first kappa shape index (κ1) is 18.1. The summed E-state index contributed by atoms with van der Waals surface area (Å²) in [5, 5.41) is 10.6. The third-order valence-electron chi connectivity index (χ3n) is 3.97. The van der Waals surface area contributed by atoms with Crippen molar-refractivity contribution >= 4 is 33.6 Å². The summed E-state index contributed by atoms with van der Waals surface area (Å²) < 4.78 is 6.67. The first-order valence-corrected chi connectivity index (χ1v) is 8.80. The summed E-state index contributed by atoms with van der Waals surface area (Å²) in [6.07, 6.45) is 5.45. The lowest BCUT2D eigenvalue weighted by Crippen LogP contribution is -2.29. The number of hydrogen-bond donors (Lipinski definition) is 0. The SMILES string of the molecule is O=C(/C=C/c1ccc([N+](=O)[O-])cc1)N1CCC(Oc2ccc(Br)cn2)C1. The molecule has 1 aromatic heterocycles. The van der Waals surface area contributed by atoms with Gasteiger partial charge in [0.25, 0.3) is 5.69 Å². The minimum absolute atomic E-state index is 0.0227. The number of hydrogen-bond acceptors (Lipinski definition) is 5. The van der Waals surface area contributed by atoms with Crippen molar-refractivity contribution in [2.75, 3.05) is 13.1 Å². The zero-order valence-electron chi connectivity index (χ0n) is 13.7. The molecule has 134 valence electrons. The molecule has 3 rings (SSSR count). The molecule has 1 atom stereocenters. The lowest BCUT2D eigenvalue weighted by molar-refractivity contribution is -0.384. The molecule has 2 aromatic rings. The molecule has 1 saturated heterocycles. The molecule has 1 amide bonds. The second-order valence-electron chi connectivity index (χ2n) is 5.81. The van der Waals surface area contributed by atoms with Gasteiger partial charge in [-0.1, -0.05) is 0 Å². The number of ether oxygens (including phenoxy) is 1. The molecule has 1 aliphatic heterocycles. The maximum absolute atomic E-state index is 12.3. The summed E-state index contributed by atoms with van der Waals surface area (Å²) in [5.41, 5.74) is 0.754. The van der Waals surface area contributed by atoms with Crippen molar-refractivity contribution in [2.45, 2.75) is 12.5 Å². The van der Waals surface area contributed by atoms with Gasteiger partial charge >= 0.3 is 0 Å². The number of aromatic nitrogens is 1. The number of rotatable bonds is 5. The minimum Gasteiger partial charge on any atom is -0.472 e. The average molecular weight is 418 g/mol. The van der Waals surface area contributed by atoms with Gasteiger partial charge in [-0.3, -0.25) is 14.9 Å². The highest BCUT2D eigenvalue weighted by molar-refractivity contribution is 9.10. The van der Waals surface area contributed by atoms with Crippen LogP contribution < -0.4 is 4.74 Å². The van der Waals surface area contributed by atoms with Crippen molar-refractivity contribution in [1.29, 1.82) is 0 Å². The van der Waals surface area contributed by atoms with Crippen molar-refractivity contribution in [2.24, 2.45) is 0 Å². The summed E-state index contributed by atoms with van der Waals surface area (Å²) in [6, 6.07) is 9.68. The third kappa shape index (κ3) is 4.66. The maximum Gasteiger partial charge on any atom is 0.269 e. The molecule has 1 unspecified atom stereocenters. The van der Waals surface area contributed by atoms with E-state index in [1.807, 2.05) is 6.07 Å². The van der Waals surface area contributed by atoms with Gasteiger partial charge in [0.05, 0.1) is 11.5 Å². The smallest absolute Gasteiger partial charge is 0.269 e. The Bertz CT molecular complexity index is 821. The van der Waals surface area contributed by atoms with Gasteiger partial charge in [0.2, 0.25) is 11.8 Å². The van der Waals surface area contributed by atoms with Crippen molar-refractivity contribution in [3.63, 3.8) is 0 Å². The first-order valence-electron chi connectivity index (χ1n) is 8.01. The number of benzene rings is 1. The van der Waals surface area contributed by atoms with Crippen LogP contribution in [0.5, 0.6) is 5.88 Å². The molecule has 8 heteroatoms. The van der Waals surface area contributed by atoms with Crippen LogP contribution in [0.25, 0.3) is 6.08 Å². The van der Waals surface area contributed by atoms with Gasteiger partial charge in [-0.2, -0.15) is 0 Å². The summed E-state index contributed by atoms with van der Waals surface area (Å²) in [7, 11) is 0. The van der Waals surface area contributed by atoms with Gasteiger partial charge in [-0.05, 0) is 45.8 Å². The minimum atomic E-state index is -0.455. The van der Waals surface area contributed by atoms with E-state index in [1.165, 1.54) is 18.2 Å². The Hall–Kier alpha value is -2.74. The molecule has 0 bridgehead atoms. The van der Waals surface area contributed by atoms with E-state index in [4.69, 9.17) is 4.74 Å². The van der Waals surface area contributed by atoms with Crippen LogP contribution in [0.4, 0.5) is 5.69 Å². The predicted molar refractivity (Wildman–Crippen MR) is 99.7 cm³/mol. The van der Waals surface area contributed by atoms with E-state index in [0.717, 1.165) is 16.5 Å². The van der Waals surface area contributed by atoms with E-state index >= 15 is 0 Å². The highest BCUT2D eigenvalue weighted by Gasteiger charge is 2.26. The number of pyridine rings is 1. The van der Waals surface area contributed by atoms with Crippen molar-refractivity contribution in [3.8, 4) is 5.88 Å². The Balaban J connectivity index is 1.53. The number of carbonyl (C=O) groups is 1. The molecule has 1 aromatic carbocycles. The van der Waals surface area contributed by atoms with E-state index in [0.29, 0.717) is 19.0 Å². The van der Waals surface area contributed by atoms with Gasteiger partial charge < -0.3 is 9.64 Å². The highest BCUT2D eigenvalue weighted by Crippen LogP contribution is 2.19. The standard InChI is InChI=1S/C18H16BrN3O4/c19-14-4-7-17(20-11-14)26-16-9-10-21(12-16)18(23)8-3-13-1-5-15(6-2-13)22(24)25/h1-8,11,16H,9-10,12H2/b8-3+. The number of nitrogens with zero attached hydrogens (tertiary/aromatic N) is 3. The fourth-order valence-electron chi connectivity index (χ4n) is 2.61. The molecule has 7 nitrogen and oxygen atoms in total. The summed E-state index contributed by atoms with van der Waals surface area (Å²) in [4.78, 5) is 28.4. The van der Waals surface area contributed by atoms with E-state index in [1.54, 1.807) is 35.4 Å². The molecular formula is C18H16BrN3O4. The summed E-state index contributed by atoms with van der Waals surface area (Å²) >= 11 is 3.32. The van der Waals surface area contributed by atoms with Gasteiger partial charge in [-0.15, -0.1) is 0 Å². The molecular weight excluding hydrogens is 402 g/mol. The fraction of sp³-hybridized carbons (Fsp3) is 0.222. The van der Waals surface area contributed by atoms with Crippen LogP contribution in [0.2, 0.25) is 0 Å². The monoisotopic (exact) mass is 417 g/mol. The van der Waals surface area contributed by atoms with Crippen LogP contribution in [0.1, 0.15) is 12.0 Å². The Morgan fingerprint density at radius 1 is 1.31 bits per heavy atom. The molecule has 0 N–H and O–H groups in total. The molecule has 1 fully saturated rings. The van der Waals surface area contributed by atoms with Crippen LogP contribution in [-0.2, 0) is 4.79 Å². The van der Waals surface area contributed by atoms with E-state index in [9.17, 15) is 14.9 Å². The van der Waals surface area contributed by atoms with Gasteiger partial charge in [0.15, 0.2) is 0 Å². The van der Waals surface area contributed by atoms with E-state index in [-0.39, 0.29) is 17.7 Å². The number of nitro groups is 1. The molecule has 2 heterocycles. The van der Waals surface area contributed by atoms with E-state index in [2.05, 4.69) is 20.9 Å². The Morgan fingerprint density at radius 3 is 2.73 bits per heavy atom. The second kappa shape index (κ2) is 8.09. The molecule has 0 spiro atoms. The third-order valence-corrected chi connectivity index (χ3v) is 4.44. The number of non-ortho nitro benzene ring substituents is 1. The van der Waals surface area contributed by atoms with Crippen molar-refractivity contribution in [1.82, 2.24) is 9.88 Å². The van der Waals surface area contributed by atoms with Crippen LogP contribution in [0.15, 0.2) is 53.1 Å².